The summed E-state index contributed by atoms with van der Waals surface area (Å²) in [7, 11) is 0. The van der Waals surface area contributed by atoms with Crippen LogP contribution in [0.15, 0.2) is 24.3 Å². The van der Waals surface area contributed by atoms with Crippen LogP contribution in [0.1, 0.15) is 22.3 Å². The molecule has 0 aliphatic rings. The highest BCUT2D eigenvalue weighted by Gasteiger charge is 2.05. The smallest absolute Gasteiger partial charge is 0.328 e. The third kappa shape index (κ3) is 3.59. The summed E-state index contributed by atoms with van der Waals surface area (Å²) >= 11 is 0. The maximum atomic E-state index is 10.5. The Morgan fingerprint density at radius 3 is 1.50 bits per heavy atom. The van der Waals surface area contributed by atoms with Crippen LogP contribution in [0.5, 0.6) is 0 Å². The van der Waals surface area contributed by atoms with Gasteiger partial charge in [0.2, 0.25) is 0 Å². The third-order valence-corrected chi connectivity index (χ3v) is 2.51. The van der Waals surface area contributed by atoms with Gasteiger partial charge in [-0.15, -0.1) is 0 Å². The highest BCUT2D eigenvalue weighted by Crippen LogP contribution is 2.21. The molecule has 0 atom stereocenters. The molecule has 0 heterocycles. The zero-order valence-corrected chi connectivity index (χ0v) is 10.2. The van der Waals surface area contributed by atoms with E-state index in [0.717, 1.165) is 34.4 Å². The van der Waals surface area contributed by atoms with Crippen LogP contribution in [-0.4, -0.2) is 22.2 Å². The Morgan fingerprint density at radius 2 is 1.22 bits per heavy atom. The van der Waals surface area contributed by atoms with Crippen LogP contribution in [-0.2, 0) is 9.59 Å². The summed E-state index contributed by atoms with van der Waals surface area (Å²) in [4.78, 5) is 21.1. The van der Waals surface area contributed by atoms with E-state index in [9.17, 15) is 9.59 Å². The zero-order chi connectivity index (χ0) is 13.7. The number of aryl methyl sites for hydroxylation is 2. The van der Waals surface area contributed by atoms with Crippen molar-refractivity contribution in [3.8, 4) is 0 Å². The molecule has 0 aromatic heterocycles. The molecule has 0 fully saturated rings. The van der Waals surface area contributed by atoms with Crippen LogP contribution in [0, 0.1) is 13.8 Å². The van der Waals surface area contributed by atoms with Crippen molar-refractivity contribution in [3.05, 3.63) is 46.5 Å². The molecular formula is C14H14O4. The van der Waals surface area contributed by atoms with E-state index in [1.165, 1.54) is 12.2 Å². The summed E-state index contributed by atoms with van der Waals surface area (Å²) in [6, 6.07) is 3.74. The Hall–Kier alpha value is -2.36. The van der Waals surface area contributed by atoms with Gasteiger partial charge in [-0.1, -0.05) is 12.1 Å². The lowest BCUT2D eigenvalue weighted by Gasteiger charge is -2.08. The van der Waals surface area contributed by atoms with E-state index in [0.29, 0.717) is 0 Å². The van der Waals surface area contributed by atoms with Gasteiger partial charge in [0.05, 0.1) is 0 Å². The number of carboxylic acids is 2. The summed E-state index contributed by atoms with van der Waals surface area (Å²) in [5.74, 6) is -2.08. The first-order valence-corrected chi connectivity index (χ1v) is 5.34. The maximum Gasteiger partial charge on any atom is 0.328 e. The monoisotopic (exact) mass is 246 g/mol. The number of carbonyl (C=O) groups is 2. The second-order valence-corrected chi connectivity index (χ2v) is 3.87. The highest BCUT2D eigenvalue weighted by atomic mass is 16.4. The molecule has 2 N–H and O–H groups in total. The van der Waals surface area contributed by atoms with Gasteiger partial charge in [0, 0.05) is 12.2 Å². The predicted octanol–water partition coefficient (Wildman–Crippen LogP) is 2.50. The van der Waals surface area contributed by atoms with Crippen molar-refractivity contribution in [2.45, 2.75) is 13.8 Å². The van der Waals surface area contributed by atoms with Gasteiger partial charge in [0.15, 0.2) is 0 Å². The van der Waals surface area contributed by atoms with Crippen molar-refractivity contribution < 1.29 is 19.8 Å². The second-order valence-electron chi connectivity index (χ2n) is 3.87. The van der Waals surface area contributed by atoms with Crippen LogP contribution in [0.25, 0.3) is 12.2 Å². The number of benzene rings is 1. The highest BCUT2D eigenvalue weighted by molar-refractivity contribution is 5.89. The molecule has 0 bridgehead atoms. The normalized spacial score (nSPS) is 11.2. The van der Waals surface area contributed by atoms with Gasteiger partial charge in [-0.2, -0.15) is 0 Å². The standard InChI is InChI=1S/C14H14O4/c1-9-3-4-10(2)12(6-8-14(17)18)11(9)5-7-13(15)16/h3-8H,1-2H3,(H,15,16)(H,17,18). The van der Waals surface area contributed by atoms with E-state index in [1.54, 1.807) is 0 Å². The molecule has 0 saturated carbocycles. The van der Waals surface area contributed by atoms with Gasteiger partial charge in [0.25, 0.3) is 0 Å². The van der Waals surface area contributed by atoms with Gasteiger partial charge in [-0.05, 0) is 48.3 Å². The third-order valence-electron chi connectivity index (χ3n) is 2.51. The number of aliphatic carboxylic acids is 2. The molecule has 4 heteroatoms. The molecule has 1 rings (SSSR count). The van der Waals surface area contributed by atoms with Crippen LogP contribution < -0.4 is 0 Å². The van der Waals surface area contributed by atoms with E-state index in [1.807, 2.05) is 26.0 Å². The van der Waals surface area contributed by atoms with Crippen molar-refractivity contribution >= 4 is 24.1 Å². The van der Waals surface area contributed by atoms with Crippen LogP contribution >= 0.6 is 0 Å². The molecule has 1 aromatic carbocycles. The Kier molecular flexibility index (Phi) is 4.43. The SMILES string of the molecule is Cc1ccc(C)c(C=CC(=O)O)c1C=CC(=O)O. The summed E-state index contributed by atoms with van der Waals surface area (Å²) < 4.78 is 0. The maximum absolute atomic E-state index is 10.5. The summed E-state index contributed by atoms with van der Waals surface area (Å²) in [5, 5.41) is 17.3. The minimum Gasteiger partial charge on any atom is -0.478 e. The van der Waals surface area contributed by atoms with Crippen LogP contribution in [0.2, 0.25) is 0 Å². The Balaban J connectivity index is 3.33. The first kappa shape index (κ1) is 13.7. The first-order chi connectivity index (χ1) is 8.41. The topological polar surface area (TPSA) is 74.6 Å². The molecule has 1 aromatic rings. The Bertz CT molecular complexity index is 490. The molecule has 0 unspecified atom stereocenters. The van der Waals surface area contributed by atoms with Gasteiger partial charge in [0.1, 0.15) is 0 Å². The molecule has 0 amide bonds. The molecular weight excluding hydrogens is 232 g/mol. The van der Waals surface area contributed by atoms with Gasteiger partial charge in [-0.25, -0.2) is 9.59 Å². The average Bonchev–Trinajstić information content (AvgIpc) is 2.28. The fraction of sp³-hybridized carbons (Fsp3) is 0.143. The van der Waals surface area contributed by atoms with Crippen molar-refractivity contribution in [1.82, 2.24) is 0 Å². The quantitative estimate of drug-likeness (QED) is 0.800. The first-order valence-electron chi connectivity index (χ1n) is 5.34. The lowest BCUT2D eigenvalue weighted by molar-refractivity contribution is -0.132. The molecule has 0 aliphatic carbocycles. The minimum atomic E-state index is -1.04. The average molecular weight is 246 g/mol. The van der Waals surface area contributed by atoms with Gasteiger partial charge < -0.3 is 10.2 Å². The van der Waals surface area contributed by atoms with Crippen LogP contribution in [0.4, 0.5) is 0 Å². The summed E-state index contributed by atoms with van der Waals surface area (Å²) in [6.45, 7) is 3.69. The number of hydrogen-bond acceptors (Lipinski definition) is 2. The van der Waals surface area contributed by atoms with E-state index in [2.05, 4.69) is 0 Å². The molecule has 4 nitrogen and oxygen atoms in total. The van der Waals surface area contributed by atoms with E-state index in [-0.39, 0.29) is 0 Å². The fourth-order valence-electron chi connectivity index (χ4n) is 1.61. The number of hydrogen-bond donors (Lipinski definition) is 2. The Morgan fingerprint density at radius 1 is 0.889 bits per heavy atom. The van der Waals surface area contributed by atoms with Crippen molar-refractivity contribution in [3.63, 3.8) is 0 Å². The number of carboxylic acid groups (broad SMARTS) is 2. The van der Waals surface area contributed by atoms with Crippen LogP contribution in [0.3, 0.4) is 0 Å². The van der Waals surface area contributed by atoms with Crippen molar-refractivity contribution in [2.75, 3.05) is 0 Å². The lowest BCUT2D eigenvalue weighted by Crippen LogP contribution is -1.94. The number of rotatable bonds is 4. The van der Waals surface area contributed by atoms with E-state index in [4.69, 9.17) is 10.2 Å². The molecule has 0 aliphatic heterocycles. The summed E-state index contributed by atoms with van der Waals surface area (Å²) in [6.07, 6.45) is 5.04. The molecule has 18 heavy (non-hydrogen) atoms. The Labute approximate surface area is 105 Å². The second kappa shape index (κ2) is 5.82. The fourth-order valence-corrected chi connectivity index (χ4v) is 1.61. The zero-order valence-electron chi connectivity index (χ0n) is 10.2. The van der Waals surface area contributed by atoms with Crippen molar-refractivity contribution in [2.24, 2.45) is 0 Å². The summed E-state index contributed by atoms with van der Waals surface area (Å²) in [5.41, 5.74) is 3.22. The molecule has 0 saturated heterocycles. The van der Waals surface area contributed by atoms with Gasteiger partial charge >= 0.3 is 11.9 Å². The lowest BCUT2D eigenvalue weighted by atomic mass is 9.96. The van der Waals surface area contributed by atoms with E-state index < -0.39 is 11.9 Å². The van der Waals surface area contributed by atoms with E-state index >= 15 is 0 Å². The molecule has 0 radical (unpaired) electrons. The van der Waals surface area contributed by atoms with Crippen molar-refractivity contribution in [1.29, 1.82) is 0 Å². The molecule has 94 valence electrons. The molecule has 0 spiro atoms. The minimum absolute atomic E-state index is 0.718. The van der Waals surface area contributed by atoms with Gasteiger partial charge in [-0.3, -0.25) is 0 Å². The predicted molar refractivity (Wildman–Crippen MR) is 69.3 cm³/mol. The largest absolute Gasteiger partial charge is 0.478 e.